The van der Waals surface area contributed by atoms with Crippen molar-refractivity contribution in [1.29, 1.82) is 0 Å². The highest BCUT2D eigenvalue weighted by molar-refractivity contribution is 6.30. The van der Waals surface area contributed by atoms with Gasteiger partial charge in [0.15, 0.2) is 5.82 Å². The Morgan fingerprint density at radius 3 is 2.97 bits per heavy atom. The summed E-state index contributed by atoms with van der Waals surface area (Å²) >= 11 is 6.05. The molecule has 3 aromatic rings. The highest BCUT2D eigenvalue weighted by Crippen LogP contribution is 2.33. The van der Waals surface area contributed by atoms with Crippen LogP contribution in [0.5, 0.6) is 0 Å². The summed E-state index contributed by atoms with van der Waals surface area (Å²) in [6.45, 7) is 1.66. The van der Waals surface area contributed by atoms with Gasteiger partial charge >= 0.3 is 6.09 Å². The summed E-state index contributed by atoms with van der Waals surface area (Å²) in [4.78, 5) is 28.0. The number of carbonyl (C=O) groups excluding carboxylic acids is 2. The normalized spacial score (nSPS) is 13.9. The predicted molar refractivity (Wildman–Crippen MR) is 111 cm³/mol. The third kappa shape index (κ3) is 4.19. The van der Waals surface area contributed by atoms with Gasteiger partial charge in [-0.3, -0.25) is 10.1 Å². The number of nitrogens with zero attached hydrogens (tertiary/aromatic N) is 4. The first-order chi connectivity index (χ1) is 14.8. The lowest BCUT2D eigenvalue weighted by molar-refractivity contribution is -0.116. The zero-order chi connectivity index (χ0) is 22.1. The van der Waals surface area contributed by atoms with E-state index in [0.717, 1.165) is 0 Å². The van der Waals surface area contributed by atoms with E-state index in [4.69, 9.17) is 16.3 Å². The van der Waals surface area contributed by atoms with Crippen LogP contribution in [0.15, 0.2) is 30.5 Å². The molecule has 31 heavy (non-hydrogen) atoms. The second-order valence-electron chi connectivity index (χ2n) is 7.01. The van der Waals surface area contributed by atoms with Gasteiger partial charge in [-0.2, -0.15) is 0 Å². The average Bonchev–Trinajstić information content (AvgIpc) is 3.08. The molecule has 160 valence electrons. The van der Waals surface area contributed by atoms with Gasteiger partial charge in [-0.1, -0.05) is 22.9 Å². The molecule has 0 saturated heterocycles. The summed E-state index contributed by atoms with van der Waals surface area (Å²) in [7, 11) is 1.59. The lowest BCUT2D eigenvalue weighted by atomic mass is 9.98. The number of carbonyl (C=O) groups is 2. The average molecular weight is 445 g/mol. The molecule has 0 aliphatic carbocycles. The number of hydrogen-bond donors (Lipinski definition) is 2. The van der Waals surface area contributed by atoms with Crippen molar-refractivity contribution in [3.63, 3.8) is 0 Å². The van der Waals surface area contributed by atoms with Gasteiger partial charge in [0, 0.05) is 30.8 Å². The third-order valence-electron chi connectivity index (χ3n) is 4.89. The van der Waals surface area contributed by atoms with Gasteiger partial charge < -0.3 is 10.1 Å². The number of rotatable bonds is 4. The van der Waals surface area contributed by atoms with Gasteiger partial charge in [0.05, 0.1) is 5.69 Å². The fraction of sp³-hybridized carbons (Fsp3) is 0.250. The van der Waals surface area contributed by atoms with Crippen LogP contribution >= 0.6 is 11.6 Å². The van der Waals surface area contributed by atoms with Crippen molar-refractivity contribution >= 4 is 35.1 Å². The zero-order valence-electron chi connectivity index (χ0n) is 16.6. The SMILES string of the molecule is C[C@@H](OC(=O)Nc1c(-c2cc(F)c3c(c2)CCC(=O)N3)nnn1C)c1cccnc1Cl. The summed E-state index contributed by atoms with van der Waals surface area (Å²) in [5.74, 6) is -0.583. The standard InChI is InChI=1S/C20H18ClFN6O3/c1-10(13-4-3-7-23-18(13)21)31-20(30)25-19-17(26-27-28(19)2)12-8-11-5-6-15(29)24-16(11)14(22)9-12/h3-4,7-10H,5-6H2,1-2H3,(H,24,29)(H,25,30)/t10-/m1/s1. The first-order valence-corrected chi connectivity index (χ1v) is 9.81. The smallest absolute Gasteiger partial charge is 0.413 e. The largest absolute Gasteiger partial charge is 0.441 e. The maximum Gasteiger partial charge on any atom is 0.413 e. The molecule has 1 aromatic carbocycles. The van der Waals surface area contributed by atoms with Crippen LogP contribution in [0.1, 0.15) is 30.6 Å². The molecule has 1 aliphatic heterocycles. The number of pyridine rings is 1. The lowest BCUT2D eigenvalue weighted by Gasteiger charge is -2.18. The van der Waals surface area contributed by atoms with Crippen LogP contribution in [0.25, 0.3) is 11.3 Å². The minimum absolute atomic E-state index is 0.167. The van der Waals surface area contributed by atoms with E-state index in [0.29, 0.717) is 23.1 Å². The minimum Gasteiger partial charge on any atom is -0.441 e. The number of fused-ring (bicyclic) bond motifs is 1. The number of hydrogen-bond acceptors (Lipinski definition) is 6. The van der Waals surface area contributed by atoms with Crippen molar-refractivity contribution in [3.05, 3.63) is 52.6 Å². The molecule has 11 heteroatoms. The zero-order valence-corrected chi connectivity index (χ0v) is 17.4. The summed E-state index contributed by atoms with van der Waals surface area (Å²) in [5, 5.41) is 13.4. The molecule has 0 fully saturated rings. The predicted octanol–water partition coefficient (Wildman–Crippen LogP) is 3.86. The quantitative estimate of drug-likeness (QED) is 0.591. The number of aromatic nitrogens is 4. The Balaban J connectivity index is 1.57. The fourth-order valence-electron chi connectivity index (χ4n) is 3.33. The van der Waals surface area contributed by atoms with Crippen molar-refractivity contribution in [1.82, 2.24) is 20.0 Å². The van der Waals surface area contributed by atoms with Crippen molar-refractivity contribution in [2.75, 3.05) is 10.6 Å². The van der Waals surface area contributed by atoms with E-state index in [1.54, 1.807) is 32.2 Å². The monoisotopic (exact) mass is 444 g/mol. The molecule has 1 atom stereocenters. The van der Waals surface area contributed by atoms with E-state index in [-0.39, 0.29) is 34.7 Å². The summed E-state index contributed by atoms with van der Waals surface area (Å²) in [6.07, 6.45) is 0.790. The molecule has 9 nitrogen and oxygen atoms in total. The number of amides is 2. The Morgan fingerprint density at radius 2 is 2.19 bits per heavy atom. The van der Waals surface area contributed by atoms with E-state index in [1.165, 1.54) is 16.9 Å². The Labute approximate surface area is 181 Å². The van der Waals surface area contributed by atoms with Crippen LogP contribution in [-0.4, -0.2) is 32.0 Å². The van der Waals surface area contributed by atoms with Gasteiger partial charge in [-0.05, 0) is 37.1 Å². The molecular formula is C20H18ClFN6O3. The fourth-order valence-corrected chi connectivity index (χ4v) is 3.60. The first-order valence-electron chi connectivity index (χ1n) is 9.44. The van der Waals surface area contributed by atoms with E-state index in [9.17, 15) is 14.0 Å². The van der Waals surface area contributed by atoms with Crippen LogP contribution in [0, 0.1) is 5.82 Å². The molecule has 1 aliphatic rings. The lowest BCUT2D eigenvalue weighted by Crippen LogP contribution is -2.20. The van der Waals surface area contributed by atoms with Crippen LogP contribution in [0.2, 0.25) is 5.15 Å². The number of halogens is 2. The van der Waals surface area contributed by atoms with Crippen LogP contribution in [-0.2, 0) is 23.0 Å². The van der Waals surface area contributed by atoms with Crippen molar-refractivity contribution < 1.29 is 18.7 Å². The highest BCUT2D eigenvalue weighted by atomic mass is 35.5. The van der Waals surface area contributed by atoms with E-state index < -0.39 is 18.0 Å². The van der Waals surface area contributed by atoms with Crippen LogP contribution in [0.3, 0.4) is 0 Å². The Bertz CT molecular complexity index is 1180. The second-order valence-corrected chi connectivity index (χ2v) is 7.36. The maximum atomic E-state index is 14.6. The van der Waals surface area contributed by atoms with E-state index in [2.05, 4.69) is 25.9 Å². The molecule has 2 amide bonds. The maximum absolute atomic E-state index is 14.6. The molecule has 3 heterocycles. The Hall–Kier alpha value is -3.53. The van der Waals surface area contributed by atoms with Crippen LogP contribution in [0.4, 0.5) is 20.7 Å². The van der Waals surface area contributed by atoms with E-state index >= 15 is 0 Å². The molecule has 0 bridgehead atoms. The first kappa shape index (κ1) is 20.7. The molecule has 0 spiro atoms. The highest BCUT2D eigenvalue weighted by Gasteiger charge is 2.24. The second kappa shape index (κ2) is 8.31. The topological polar surface area (TPSA) is 111 Å². The number of ether oxygens (including phenoxy) is 1. The van der Waals surface area contributed by atoms with E-state index in [1.807, 2.05) is 0 Å². The van der Waals surface area contributed by atoms with Crippen LogP contribution < -0.4 is 10.6 Å². The summed E-state index contributed by atoms with van der Waals surface area (Å²) < 4.78 is 21.3. The molecule has 0 radical (unpaired) electrons. The van der Waals surface area contributed by atoms with Gasteiger partial charge in [-0.25, -0.2) is 18.9 Å². The van der Waals surface area contributed by atoms with Crippen molar-refractivity contribution in [2.24, 2.45) is 7.05 Å². The minimum atomic E-state index is -0.759. The number of nitrogens with one attached hydrogen (secondary N) is 2. The molecule has 2 aromatic heterocycles. The molecular weight excluding hydrogens is 427 g/mol. The van der Waals surface area contributed by atoms with Gasteiger partial charge in [0.2, 0.25) is 5.91 Å². The number of anilines is 2. The molecule has 0 saturated carbocycles. The van der Waals surface area contributed by atoms with Gasteiger partial charge in [0.1, 0.15) is 22.8 Å². The van der Waals surface area contributed by atoms with Gasteiger partial charge in [-0.15, -0.1) is 5.10 Å². The Morgan fingerprint density at radius 1 is 1.39 bits per heavy atom. The number of benzene rings is 1. The molecule has 2 N–H and O–H groups in total. The number of aryl methyl sites for hydroxylation is 2. The van der Waals surface area contributed by atoms with Crippen molar-refractivity contribution in [2.45, 2.75) is 25.9 Å². The summed E-state index contributed by atoms with van der Waals surface area (Å²) in [5.41, 5.74) is 2.05. The Kier molecular flexibility index (Phi) is 5.55. The summed E-state index contributed by atoms with van der Waals surface area (Å²) in [6, 6.07) is 6.35. The molecule has 4 rings (SSSR count). The third-order valence-corrected chi connectivity index (χ3v) is 5.20. The van der Waals surface area contributed by atoms with Crippen molar-refractivity contribution in [3.8, 4) is 11.3 Å². The van der Waals surface area contributed by atoms with Gasteiger partial charge in [0.25, 0.3) is 0 Å². The molecule has 0 unspecified atom stereocenters.